The molecular formula is C15H21N3O3. The zero-order valence-corrected chi connectivity index (χ0v) is 12.8. The highest BCUT2D eigenvalue weighted by atomic mass is 16.5. The first-order valence-corrected chi connectivity index (χ1v) is 6.88. The Morgan fingerprint density at radius 3 is 2.76 bits per heavy atom. The maximum absolute atomic E-state index is 12.5. The number of aromatic nitrogens is 1. The van der Waals surface area contributed by atoms with E-state index in [1.807, 2.05) is 26.8 Å². The Labute approximate surface area is 124 Å². The Bertz CT molecular complexity index is 551. The summed E-state index contributed by atoms with van der Waals surface area (Å²) in [7, 11) is 1.54. The molecule has 1 saturated heterocycles. The molecule has 0 saturated carbocycles. The molecule has 21 heavy (non-hydrogen) atoms. The summed E-state index contributed by atoms with van der Waals surface area (Å²) in [5, 5.41) is 2.78. The lowest BCUT2D eigenvalue weighted by Crippen LogP contribution is -2.61. The van der Waals surface area contributed by atoms with Crippen molar-refractivity contribution in [3.63, 3.8) is 0 Å². The monoisotopic (exact) mass is 291 g/mol. The van der Waals surface area contributed by atoms with Crippen molar-refractivity contribution >= 4 is 11.8 Å². The minimum Gasteiger partial charge on any atom is -0.481 e. The summed E-state index contributed by atoms with van der Waals surface area (Å²) in [6, 6.07) is 3.09. The standard InChI is InChI=1S/C15H21N3O3/c1-15(2,3)13-14(20)18(9-11(19)17-13)8-10-5-6-16-12(7-10)21-4/h5-7,13H,8-9H2,1-4H3,(H,17,19). The molecule has 1 atom stereocenters. The minimum atomic E-state index is -0.498. The first-order valence-electron chi connectivity index (χ1n) is 6.88. The zero-order valence-electron chi connectivity index (χ0n) is 12.8. The van der Waals surface area contributed by atoms with Gasteiger partial charge in [0.1, 0.15) is 6.04 Å². The average Bonchev–Trinajstić information content (AvgIpc) is 2.41. The predicted molar refractivity (Wildman–Crippen MR) is 77.6 cm³/mol. The first kappa shape index (κ1) is 15.3. The highest BCUT2D eigenvalue weighted by Crippen LogP contribution is 2.24. The van der Waals surface area contributed by atoms with Gasteiger partial charge in [-0.1, -0.05) is 20.8 Å². The van der Waals surface area contributed by atoms with Gasteiger partial charge in [-0.3, -0.25) is 9.59 Å². The second kappa shape index (κ2) is 5.71. The molecule has 6 nitrogen and oxygen atoms in total. The second-order valence-corrected chi connectivity index (χ2v) is 6.27. The van der Waals surface area contributed by atoms with Crippen LogP contribution < -0.4 is 10.1 Å². The quantitative estimate of drug-likeness (QED) is 0.900. The largest absolute Gasteiger partial charge is 0.481 e. The van der Waals surface area contributed by atoms with Crippen molar-refractivity contribution in [3.05, 3.63) is 23.9 Å². The smallest absolute Gasteiger partial charge is 0.246 e. The number of amides is 2. The lowest BCUT2D eigenvalue weighted by atomic mass is 9.84. The van der Waals surface area contributed by atoms with Gasteiger partial charge in [-0.05, 0) is 17.0 Å². The molecule has 0 spiro atoms. The number of nitrogens with one attached hydrogen (secondary N) is 1. The van der Waals surface area contributed by atoms with Gasteiger partial charge in [-0.25, -0.2) is 4.98 Å². The van der Waals surface area contributed by atoms with Crippen molar-refractivity contribution in [3.8, 4) is 5.88 Å². The van der Waals surface area contributed by atoms with E-state index in [1.165, 1.54) is 0 Å². The molecule has 0 radical (unpaired) electrons. The van der Waals surface area contributed by atoms with Crippen LogP contribution in [0.1, 0.15) is 26.3 Å². The van der Waals surface area contributed by atoms with E-state index in [-0.39, 0.29) is 23.8 Å². The number of nitrogens with zero attached hydrogens (tertiary/aromatic N) is 2. The normalized spacial score (nSPS) is 19.4. The van der Waals surface area contributed by atoms with Crippen LogP contribution in [0.5, 0.6) is 5.88 Å². The van der Waals surface area contributed by atoms with E-state index in [9.17, 15) is 9.59 Å². The van der Waals surface area contributed by atoms with Crippen molar-refractivity contribution in [2.75, 3.05) is 13.7 Å². The van der Waals surface area contributed by atoms with Crippen molar-refractivity contribution in [1.29, 1.82) is 0 Å². The summed E-state index contributed by atoms with van der Waals surface area (Å²) in [5.74, 6) is 0.308. The maximum Gasteiger partial charge on any atom is 0.246 e. The number of methoxy groups -OCH3 is 1. The van der Waals surface area contributed by atoms with Crippen LogP contribution in [0.15, 0.2) is 18.3 Å². The van der Waals surface area contributed by atoms with Crippen LogP contribution >= 0.6 is 0 Å². The number of hydrogen-bond acceptors (Lipinski definition) is 4. The molecule has 1 aliphatic heterocycles. The number of carbonyl (C=O) groups excluding carboxylic acids is 2. The van der Waals surface area contributed by atoms with Crippen LogP contribution in [0.4, 0.5) is 0 Å². The molecule has 0 aliphatic carbocycles. The SMILES string of the molecule is COc1cc(CN2CC(=O)NC(C(C)(C)C)C2=O)ccn1. The molecule has 0 bridgehead atoms. The fraction of sp³-hybridized carbons (Fsp3) is 0.533. The summed E-state index contributed by atoms with van der Waals surface area (Å²) in [6.07, 6.45) is 1.63. The highest BCUT2D eigenvalue weighted by Gasteiger charge is 2.39. The van der Waals surface area contributed by atoms with E-state index in [0.29, 0.717) is 12.4 Å². The van der Waals surface area contributed by atoms with Crippen molar-refractivity contribution in [1.82, 2.24) is 15.2 Å². The van der Waals surface area contributed by atoms with E-state index in [0.717, 1.165) is 5.56 Å². The van der Waals surface area contributed by atoms with E-state index in [2.05, 4.69) is 10.3 Å². The lowest BCUT2D eigenvalue weighted by molar-refractivity contribution is -0.147. The van der Waals surface area contributed by atoms with Gasteiger partial charge in [-0.15, -0.1) is 0 Å². The van der Waals surface area contributed by atoms with E-state index < -0.39 is 6.04 Å². The summed E-state index contributed by atoms with van der Waals surface area (Å²) >= 11 is 0. The van der Waals surface area contributed by atoms with Gasteiger partial charge in [0.15, 0.2) is 0 Å². The van der Waals surface area contributed by atoms with Crippen molar-refractivity contribution in [2.24, 2.45) is 5.41 Å². The average molecular weight is 291 g/mol. The van der Waals surface area contributed by atoms with Crippen molar-refractivity contribution in [2.45, 2.75) is 33.4 Å². The number of hydrogen-bond donors (Lipinski definition) is 1. The van der Waals surface area contributed by atoms with Crippen LogP contribution in [-0.2, 0) is 16.1 Å². The third-order valence-corrected chi connectivity index (χ3v) is 3.45. The van der Waals surface area contributed by atoms with E-state index in [4.69, 9.17) is 4.74 Å². The highest BCUT2D eigenvalue weighted by molar-refractivity contribution is 5.95. The van der Waals surface area contributed by atoms with Gasteiger partial charge in [0, 0.05) is 18.8 Å². The fourth-order valence-corrected chi connectivity index (χ4v) is 2.30. The second-order valence-electron chi connectivity index (χ2n) is 6.27. The topological polar surface area (TPSA) is 71.5 Å². The minimum absolute atomic E-state index is 0.0575. The van der Waals surface area contributed by atoms with Gasteiger partial charge in [0.25, 0.3) is 0 Å². The molecule has 6 heteroatoms. The summed E-state index contributed by atoms with van der Waals surface area (Å²) in [6.45, 7) is 6.27. The Balaban J connectivity index is 2.18. The molecule has 1 aromatic heterocycles. The van der Waals surface area contributed by atoms with Gasteiger partial charge < -0.3 is 15.0 Å². The lowest BCUT2D eigenvalue weighted by Gasteiger charge is -2.38. The first-order chi connectivity index (χ1) is 9.81. The van der Waals surface area contributed by atoms with Crippen LogP contribution in [0.2, 0.25) is 0 Å². The molecule has 114 valence electrons. The molecule has 1 fully saturated rings. The number of rotatable bonds is 3. The predicted octanol–water partition coefficient (Wildman–Crippen LogP) is 0.963. The molecule has 1 aromatic rings. The maximum atomic E-state index is 12.5. The molecule has 2 rings (SSSR count). The summed E-state index contributed by atoms with van der Waals surface area (Å²) in [4.78, 5) is 30.0. The van der Waals surface area contributed by atoms with Gasteiger partial charge in [0.2, 0.25) is 17.7 Å². The van der Waals surface area contributed by atoms with Gasteiger partial charge in [-0.2, -0.15) is 0 Å². The van der Waals surface area contributed by atoms with Crippen LogP contribution in [0, 0.1) is 5.41 Å². The third-order valence-electron chi connectivity index (χ3n) is 3.45. The third kappa shape index (κ3) is 3.51. The van der Waals surface area contributed by atoms with Crippen LogP contribution in [0.25, 0.3) is 0 Å². The van der Waals surface area contributed by atoms with E-state index in [1.54, 1.807) is 24.3 Å². The Hall–Kier alpha value is -2.11. The number of carbonyl (C=O) groups is 2. The molecule has 0 aromatic carbocycles. The van der Waals surface area contributed by atoms with Gasteiger partial charge in [0.05, 0.1) is 13.7 Å². The molecule has 1 unspecified atom stereocenters. The Morgan fingerprint density at radius 1 is 1.43 bits per heavy atom. The Morgan fingerprint density at radius 2 is 2.14 bits per heavy atom. The number of piperazine rings is 1. The number of ether oxygens (including phenoxy) is 1. The molecule has 1 aliphatic rings. The zero-order chi connectivity index (χ0) is 15.6. The summed E-state index contributed by atoms with van der Waals surface area (Å²) in [5.41, 5.74) is 0.569. The molecule has 2 amide bonds. The fourth-order valence-electron chi connectivity index (χ4n) is 2.30. The van der Waals surface area contributed by atoms with Gasteiger partial charge >= 0.3 is 0 Å². The summed E-state index contributed by atoms with van der Waals surface area (Å²) < 4.78 is 5.07. The Kier molecular flexibility index (Phi) is 4.16. The van der Waals surface area contributed by atoms with Crippen LogP contribution in [-0.4, -0.2) is 41.4 Å². The molecule has 2 heterocycles. The molecular weight excluding hydrogens is 270 g/mol. The van der Waals surface area contributed by atoms with Crippen molar-refractivity contribution < 1.29 is 14.3 Å². The van der Waals surface area contributed by atoms with E-state index >= 15 is 0 Å². The molecule has 1 N–H and O–H groups in total. The number of pyridine rings is 1. The van der Waals surface area contributed by atoms with Crippen LogP contribution in [0.3, 0.4) is 0 Å².